The number of ether oxygens (including phenoxy) is 1. The van der Waals surface area contributed by atoms with Crippen LogP contribution in [-0.2, 0) is 0 Å². The Balaban J connectivity index is 1.92. The number of phenols is 1. The summed E-state index contributed by atoms with van der Waals surface area (Å²) in [6.45, 7) is 2.04. The van der Waals surface area contributed by atoms with Crippen molar-refractivity contribution in [3.63, 3.8) is 0 Å². The van der Waals surface area contributed by atoms with E-state index in [0.29, 0.717) is 21.9 Å². The Bertz CT molecular complexity index is 966. The Morgan fingerprint density at radius 1 is 1.24 bits per heavy atom. The number of hydrogen-bond donors (Lipinski definition) is 1. The fraction of sp³-hybridized carbons (Fsp3) is 0.100. The topological polar surface area (TPSA) is 66.1 Å². The zero-order valence-corrected chi connectivity index (χ0v) is 14.7. The van der Waals surface area contributed by atoms with Crippen LogP contribution in [0.3, 0.4) is 0 Å². The second-order valence-corrected chi connectivity index (χ2v) is 6.36. The van der Waals surface area contributed by atoms with E-state index in [1.54, 1.807) is 24.3 Å². The van der Waals surface area contributed by atoms with Gasteiger partial charge < -0.3 is 9.84 Å². The first-order valence-electron chi connectivity index (χ1n) is 7.62. The van der Waals surface area contributed by atoms with Crippen molar-refractivity contribution in [3.05, 3.63) is 64.0 Å². The van der Waals surface area contributed by atoms with Crippen molar-refractivity contribution in [1.82, 2.24) is 4.98 Å². The van der Waals surface area contributed by atoms with Gasteiger partial charge in [-0.3, -0.25) is 0 Å². The van der Waals surface area contributed by atoms with Crippen LogP contribution in [0.4, 0.5) is 0 Å². The number of phenolic OH excluding ortho intramolecular Hbond substituents is 1. The average molecular weight is 348 g/mol. The fourth-order valence-electron chi connectivity index (χ4n) is 2.36. The lowest BCUT2D eigenvalue weighted by Crippen LogP contribution is -1.85. The highest BCUT2D eigenvalue weighted by Crippen LogP contribution is 2.30. The molecule has 0 aliphatic rings. The first-order chi connectivity index (χ1) is 12.1. The van der Waals surface area contributed by atoms with Crippen molar-refractivity contribution in [2.75, 3.05) is 7.11 Å². The second kappa shape index (κ2) is 7.20. The van der Waals surface area contributed by atoms with Crippen molar-refractivity contribution in [1.29, 1.82) is 5.26 Å². The molecule has 2 aromatic carbocycles. The highest BCUT2D eigenvalue weighted by atomic mass is 32.1. The number of rotatable bonds is 4. The van der Waals surface area contributed by atoms with Crippen LogP contribution in [0.25, 0.3) is 22.9 Å². The molecule has 0 saturated heterocycles. The number of methoxy groups -OCH3 is 1. The Hall–Kier alpha value is -3.10. The van der Waals surface area contributed by atoms with E-state index < -0.39 is 0 Å². The van der Waals surface area contributed by atoms with Gasteiger partial charge in [-0.2, -0.15) is 5.26 Å². The molecule has 0 radical (unpaired) electrons. The van der Waals surface area contributed by atoms with Gasteiger partial charge in [0.1, 0.15) is 11.1 Å². The molecule has 0 aliphatic heterocycles. The molecule has 0 atom stereocenters. The van der Waals surface area contributed by atoms with Crippen LogP contribution in [0, 0.1) is 18.3 Å². The molecule has 4 nitrogen and oxygen atoms in total. The molecular formula is C20H16N2O2S. The minimum absolute atomic E-state index is 0.0352. The van der Waals surface area contributed by atoms with Crippen LogP contribution in [0.5, 0.6) is 11.5 Å². The summed E-state index contributed by atoms with van der Waals surface area (Å²) in [4.78, 5) is 4.57. The van der Waals surface area contributed by atoms with E-state index >= 15 is 0 Å². The van der Waals surface area contributed by atoms with E-state index in [0.717, 1.165) is 11.3 Å². The van der Waals surface area contributed by atoms with Gasteiger partial charge in [-0.05, 0) is 30.7 Å². The molecule has 3 aromatic rings. The number of allylic oxidation sites excluding steroid dienone is 1. The zero-order valence-electron chi connectivity index (χ0n) is 13.9. The zero-order chi connectivity index (χ0) is 17.8. The Kier molecular flexibility index (Phi) is 4.82. The summed E-state index contributed by atoms with van der Waals surface area (Å²) >= 11 is 1.42. The van der Waals surface area contributed by atoms with Gasteiger partial charge in [0.2, 0.25) is 0 Å². The van der Waals surface area contributed by atoms with Crippen molar-refractivity contribution in [2.45, 2.75) is 6.92 Å². The lowest BCUT2D eigenvalue weighted by atomic mass is 10.1. The van der Waals surface area contributed by atoms with Gasteiger partial charge in [-0.25, -0.2) is 4.98 Å². The van der Waals surface area contributed by atoms with Gasteiger partial charge in [0, 0.05) is 10.9 Å². The maximum Gasteiger partial charge on any atom is 0.160 e. The van der Waals surface area contributed by atoms with Crippen LogP contribution < -0.4 is 4.74 Å². The summed E-state index contributed by atoms with van der Waals surface area (Å²) in [6, 6.07) is 15.3. The first kappa shape index (κ1) is 16.7. The molecule has 0 aliphatic carbocycles. The maximum atomic E-state index is 9.87. The van der Waals surface area contributed by atoms with Crippen LogP contribution in [0.1, 0.15) is 16.1 Å². The Morgan fingerprint density at radius 2 is 2.00 bits per heavy atom. The molecule has 3 rings (SSSR count). The third-order valence-electron chi connectivity index (χ3n) is 3.72. The van der Waals surface area contributed by atoms with E-state index in [1.807, 2.05) is 36.6 Å². The van der Waals surface area contributed by atoms with E-state index in [4.69, 9.17) is 4.74 Å². The molecule has 1 aromatic heterocycles. The number of hydrogen-bond acceptors (Lipinski definition) is 5. The van der Waals surface area contributed by atoms with Gasteiger partial charge in [0.05, 0.1) is 18.4 Å². The summed E-state index contributed by atoms with van der Waals surface area (Å²) < 4.78 is 5.03. The smallest absolute Gasteiger partial charge is 0.160 e. The Labute approximate surface area is 150 Å². The van der Waals surface area contributed by atoms with Crippen LogP contribution in [-0.4, -0.2) is 17.2 Å². The van der Waals surface area contributed by atoms with Crippen molar-refractivity contribution < 1.29 is 9.84 Å². The number of aromatic nitrogens is 1. The molecule has 0 saturated carbocycles. The normalized spacial score (nSPS) is 11.2. The molecule has 0 amide bonds. The third kappa shape index (κ3) is 3.70. The molecule has 5 heteroatoms. The highest BCUT2D eigenvalue weighted by molar-refractivity contribution is 7.11. The number of nitrogens with zero attached hydrogens (tertiary/aromatic N) is 2. The average Bonchev–Trinajstić information content (AvgIpc) is 3.10. The lowest BCUT2D eigenvalue weighted by Gasteiger charge is -2.03. The largest absolute Gasteiger partial charge is 0.504 e. The van der Waals surface area contributed by atoms with Crippen molar-refractivity contribution in [2.24, 2.45) is 0 Å². The molecule has 1 heterocycles. The van der Waals surface area contributed by atoms with Gasteiger partial charge in [-0.15, -0.1) is 11.3 Å². The quantitative estimate of drug-likeness (QED) is 0.681. The van der Waals surface area contributed by atoms with Crippen LogP contribution >= 0.6 is 11.3 Å². The molecule has 0 fully saturated rings. The van der Waals surface area contributed by atoms with Gasteiger partial charge >= 0.3 is 0 Å². The number of benzene rings is 2. The predicted molar refractivity (Wildman–Crippen MR) is 100 cm³/mol. The molecular weight excluding hydrogens is 332 g/mol. The predicted octanol–water partition coefficient (Wildman–Crippen LogP) is 4.90. The van der Waals surface area contributed by atoms with E-state index in [9.17, 15) is 10.4 Å². The van der Waals surface area contributed by atoms with Crippen molar-refractivity contribution >= 4 is 23.0 Å². The molecule has 0 unspecified atom stereocenters. The summed E-state index contributed by atoms with van der Waals surface area (Å²) in [5.74, 6) is 0.430. The number of aromatic hydroxyl groups is 1. The second-order valence-electron chi connectivity index (χ2n) is 5.51. The molecule has 0 spiro atoms. The first-order valence-corrected chi connectivity index (χ1v) is 8.50. The standard InChI is InChI=1S/C20H16N2O2S/c1-13-3-6-15(7-4-13)17-12-25-20(22-17)16(11-21)9-14-5-8-19(24-2)18(23)10-14/h3-10,12,23H,1-2H3. The van der Waals surface area contributed by atoms with Gasteiger partial charge in [-0.1, -0.05) is 35.9 Å². The lowest BCUT2D eigenvalue weighted by molar-refractivity contribution is 0.373. The van der Waals surface area contributed by atoms with Crippen LogP contribution in [0.2, 0.25) is 0 Å². The summed E-state index contributed by atoms with van der Waals surface area (Å²) in [5, 5.41) is 21.9. The minimum Gasteiger partial charge on any atom is -0.504 e. The van der Waals surface area contributed by atoms with Crippen LogP contribution in [0.15, 0.2) is 47.8 Å². The highest BCUT2D eigenvalue weighted by Gasteiger charge is 2.10. The summed E-state index contributed by atoms with van der Waals surface area (Å²) in [7, 11) is 1.49. The molecule has 25 heavy (non-hydrogen) atoms. The monoisotopic (exact) mass is 348 g/mol. The molecule has 0 bridgehead atoms. The van der Waals surface area contributed by atoms with Crippen molar-refractivity contribution in [3.8, 4) is 28.8 Å². The fourth-order valence-corrected chi connectivity index (χ4v) is 3.15. The maximum absolute atomic E-state index is 9.87. The summed E-state index contributed by atoms with van der Waals surface area (Å²) in [5.41, 5.74) is 4.22. The Morgan fingerprint density at radius 3 is 2.64 bits per heavy atom. The molecule has 1 N–H and O–H groups in total. The number of aryl methyl sites for hydroxylation is 1. The number of thiazole rings is 1. The summed E-state index contributed by atoms with van der Waals surface area (Å²) in [6.07, 6.45) is 1.71. The van der Waals surface area contributed by atoms with E-state index in [-0.39, 0.29) is 5.75 Å². The molecule has 124 valence electrons. The van der Waals surface area contributed by atoms with E-state index in [1.165, 1.54) is 24.0 Å². The van der Waals surface area contributed by atoms with Gasteiger partial charge in [0.15, 0.2) is 11.5 Å². The van der Waals surface area contributed by atoms with E-state index in [2.05, 4.69) is 11.1 Å². The SMILES string of the molecule is COc1ccc(C=C(C#N)c2nc(-c3ccc(C)cc3)cs2)cc1O. The number of nitriles is 1. The van der Waals surface area contributed by atoms with Gasteiger partial charge in [0.25, 0.3) is 0 Å². The third-order valence-corrected chi connectivity index (χ3v) is 4.59. The minimum atomic E-state index is 0.0352.